The van der Waals surface area contributed by atoms with Gasteiger partial charge in [0.1, 0.15) is 0 Å². The molecular formula is C17H32N2O. The van der Waals surface area contributed by atoms with Crippen LogP contribution in [0, 0.1) is 17.8 Å². The van der Waals surface area contributed by atoms with Crippen LogP contribution in [0.4, 0.5) is 0 Å². The average molecular weight is 280 g/mol. The van der Waals surface area contributed by atoms with Crippen LogP contribution < -0.4 is 5.32 Å². The van der Waals surface area contributed by atoms with Gasteiger partial charge in [-0.15, -0.1) is 0 Å². The van der Waals surface area contributed by atoms with Crippen LogP contribution in [0.25, 0.3) is 0 Å². The van der Waals surface area contributed by atoms with Crippen LogP contribution in [0.15, 0.2) is 0 Å². The molecular weight excluding hydrogens is 248 g/mol. The minimum atomic E-state index is 0.0460. The standard InChI is InChI=1S/C17H32N2O/c1-5-13(4)16-17(20)19(10-6-7-14-8-9-14)15(18-16)11-12(2)3/h12-16,18H,5-11H2,1-4H3. The van der Waals surface area contributed by atoms with Crippen molar-refractivity contribution in [1.29, 1.82) is 0 Å². The quantitative estimate of drug-likeness (QED) is 0.739. The predicted octanol–water partition coefficient (Wildman–Crippen LogP) is 3.40. The SMILES string of the molecule is CCC(C)C1NC(CC(C)C)N(CCCC2CC2)C1=O. The second-order valence-corrected chi connectivity index (χ2v) is 7.29. The van der Waals surface area contributed by atoms with E-state index < -0.39 is 0 Å². The van der Waals surface area contributed by atoms with E-state index in [4.69, 9.17) is 0 Å². The molecule has 3 atom stereocenters. The van der Waals surface area contributed by atoms with Crippen LogP contribution in [0.3, 0.4) is 0 Å². The smallest absolute Gasteiger partial charge is 0.241 e. The van der Waals surface area contributed by atoms with Crippen molar-refractivity contribution >= 4 is 5.91 Å². The van der Waals surface area contributed by atoms with E-state index in [0.29, 0.717) is 17.7 Å². The summed E-state index contributed by atoms with van der Waals surface area (Å²) in [6, 6.07) is 0.0460. The maximum Gasteiger partial charge on any atom is 0.241 e. The summed E-state index contributed by atoms with van der Waals surface area (Å²) in [5.41, 5.74) is 0. The van der Waals surface area contributed by atoms with Crippen LogP contribution >= 0.6 is 0 Å². The van der Waals surface area contributed by atoms with Crippen molar-refractivity contribution in [2.75, 3.05) is 6.54 Å². The van der Waals surface area contributed by atoms with Crippen LogP contribution in [0.1, 0.15) is 66.2 Å². The zero-order chi connectivity index (χ0) is 14.7. The molecule has 116 valence electrons. The Hall–Kier alpha value is -0.570. The molecule has 0 aromatic heterocycles. The second kappa shape index (κ2) is 6.93. The third-order valence-electron chi connectivity index (χ3n) is 4.91. The molecule has 2 rings (SSSR count). The summed E-state index contributed by atoms with van der Waals surface area (Å²) in [4.78, 5) is 14.8. The Morgan fingerprint density at radius 2 is 2.00 bits per heavy atom. The van der Waals surface area contributed by atoms with E-state index >= 15 is 0 Å². The summed E-state index contributed by atoms with van der Waals surface area (Å²) in [6.45, 7) is 9.80. The lowest BCUT2D eigenvalue weighted by molar-refractivity contribution is -0.131. The zero-order valence-corrected chi connectivity index (χ0v) is 13.7. The van der Waals surface area contributed by atoms with Crippen molar-refractivity contribution in [3.63, 3.8) is 0 Å². The van der Waals surface area contributed by atoms with Crippen LogP contribution in [-0.4, -0.2) is 29.6 Å². The van der Waals surface area contributed by atoms with Crippen molar-refractivity contribution < 1.29 is 4.79 Å². The summed E-state index contributed by atoms with van der Waals surface area (Å²) < 4.78 is 0. The largest absolute Gasteiger partial charge is 0.326 e. The Kier molecular flexibility index (Phi) is 5.48. The number of carbonyl (C=O) groups is 1. The predicted molar refractivity (Wildman–Crippen MR) is 83.3 cm³/mol. The van der Waals surface area contributed by atoms with E-state index in [1.54, 1.807) is 0 Å². The second-order valence-electron chi connectivity index (χ2n) is 7.29. The number of nitrogens with zero attached hydrogens (tertiary/aromatic N) is 1. The van der Waals surface area contributed by atoms with Gasteiger partial charge in [-0.05, 0) is 37.0 Å². The van der Waals surface area contributed by atoms with Crippen molar-refractivity contribution in [2.24, 2.45) is 17.8 Å². The molecule has 1 aliphatic heterocycles. The number of amides is 1. The molecule has 1 saturated heterocycles. The van der Waals surface area contributed by atoms with Crippen LogP contribution in [-0.2, 0) is 4.79 Å². The van der Waals surface area contributed by atoms with E-state index in [-0.39, 0.29) is 12.2 Å². The Balaban J connectivity index is 1.92. The first-order valence-electron chi connectivity index (χ1n) is 8.59. The van der Waals surface area contributed by atoms with E-state index in [1.807, 2.05) is 0 Å². The first-order chi connectivity index (χ1) is 9.52. The van der Waals surface area contributed by atoms with Gasteiger partial charge in [-0.2, -0.15) is 0 Å². The summed E-state index contributed by atoms with van der Waals surface area (Å²) in [6.07, 6.45) is 7.72. The average Bonchev–Trinajstić information content (AvgIpc) is 3.17. The summed E-state index contributed by atoms with van der Waals surface area (Å²) in [5, 5.41) is 3.60. The monoisotopic (exact) mass is 280 g/mol. The molecule has 0 aromatic carbocycles. The van der Waals surface area contributed by atoms with Gasteiger partial charge in [0.2, 0.25) is 5.91 Å². The molecule has 0 aromatic rings. The van der Waals surface area contributed by atoms with Gasteiger partial charge in [-0.25, -0.2) is 0 Å². The third-order valence-corrected chi connectivity index (χ3v) is 4.91. The van der Waals surface area contributed by atoms with Crippen molar-refractivity contribution in [1.82, 2.24) is 10.2 Å². The molecule has 3 heteroatoms. The van der Waals surface area contributed by atoms with E-state index in [1.165, 1.54) is 25.7 Å². The van der Waals surface area contributed by atoms with Gasteiger partial charge in [-0.1, -0.05) is 47.0 Å². The summed E-state index contributed by atoms with van der Waals surface area (Å²) in [5.74, 6) is 2.38. The Morgan fingerprint density at radius 1 is 1.30 bits per heavy atom. The number of rotatable bonds is 8. The molecule has 0 bridgehead atoms. The van der Waals surface area contributed by atoms with Crippen LogP contribution in [0.2, 0.25) is 0 Å². The maximum atomic E-state index is 12.7. The van der Waals surface area contributed by atoms with Crippen LogP contribution in [0.5, 0.6) is 0 Å². The molecule has 0 radical (unpaired) electrons. The first kappa shape index (κ1) is 15.8. The van der Waals surface area contributed by atoms with Gasteiger partial charge in [0, 0.05) is 6.54 Å². The summed E-state index contributed by atoms with van der Waals surface area (Å²) >= 11 is 0. The molecule has 1 heterocycles. The maximum absolute atomic E-state index is 12.7. The first-order valence-corrected chi connectivity index (χ1v) is 8.59. The Morgan fingerprint density at radius 3 is 2.55 bits per heavy atom. The number of hydrogen-bond donors (Lipinski definition) is 1. The topological polar surface area (TPSA) is 32.3 Å². The lowest BCUT2D eigenvalue weighted by atomic mass is 9.99. The highest BCUT2D eigenvalue weighted by Crippen LogP contribution is 2.34. The van der Waals surface area contributed by atoms with Crippen molar-refractivity contribution in [3.8, 4) is 0 Å². The molecule has 3 nitrogen and oxygen atoms in total. The fourth-order valence-electron chi connectivity index (χ4n) is 3.21. The minimum Gasteiger partial charge on any atom is -0.326 e. The highest BCUT2D eigenvalue weighted by Gasteiger charge is 2.40. The lowest BCUT2D eigenvalue weighted by Gasteiger charge is -2.25. The molecule has 1 N–H and O–H groups in total. The lowest BCUT2D eigenvalue weighted by Crippen LogP contribution is -2.39. The highest BCUT2D eigenvalue weighted by molar-refractivity contribution is 5.84. The summed E-state index contributed by atoms with van der Waals surface area (Å²) in [7, 11) is 0. The van der Waals surface area contributed by atoms with Crippen molar-refractivity contribution in [2.45, 2.75) is 78.4 Å². The highest BCUT2D eigenvalue weighted by atomic mass is 16.2. The fourth-order valence-corrected chi connectivity index (χ4v) is 3.21. The van der Waals surface area contributed by atoms with E-state index in [9.17, 15) is 4.79 Å². The van der Waals surface area contributed by atoms with E-state index in [2.05, 4.69) is 37.9 Å². The van der Waals surface area contributed by atoms with Gasteiger partial charge in [-0.3, -0.25) is 10.1 Å². The molecule has 3 unspecified atom stereocenters. The Bertz CT molecular complexity index is 325. The molecule has 1 amide bonds. The molecule has 20 heavy (non-hydrogen) atoms. The van der Waals surface area contributed by atoms with E-state index in [0.717, 1.165) is 25.3 Å². The Labute approximate surface area is 124 Å². The molecule has 1 saturated carbocycles. The van der Waals surface area contributed by atoms with Gasteiger partial charge in [0.15, 0.2) is 0 Å². The zero-order valence-electron chi connectivity index (χ0n) is 13.7. The molecule has 2 aliphatic rings. The molecule has 2 fully saturated rings. The molecule has 1 aliphatic carbocycles. The van der Waals surface area contributed by atoms with Gasteiger partial charge >= 0.3 is 0 Å². The third kappa shape index (κ3) is 3.97. The fraction of sp³-hybridized carbons (Fsp3) is 0.941. The van der Waals surface area contributed by atoms with Crippen molar-refractivity contribution in [3.05, 3.63) is 0 Å². The number of nitrogens with one attached hydrogen (secondary N) is 1. The van der Waals surface area contributed by atoms with Gasteiger partial charge in [0.05, 0.1) is 12.2 Å². The minimum absolute atomic E-state index is 0.0460. The van der Waals surface area contributed by atoms with Gasteiger partial charge in [0.25, 0.3) is 0 Å². The number of hydrogen-bond acceptors (Lipinski definition) is 2. The molecule has 0 spiro atoms. The number of carbonyl (C=O) groups excluding carboxylic acids is 1. The normalized spacial score (nSPS) is 28.4. The van der Waals surface area contributed by atoms with Gasteiger partial charge < -0.3 is 4.90 Å².